The fourth-order valence-electron chi connectivity index (χ4n) is 5.91. The van der Waals surface area contributed by atoms with E-state index in [0.717, 1.165) is 67.4 Å². The Morgan fingerprint density at radius 2 is 0.959 bits per heavy atom. The summed E-state index contributed by atoms with van der Waals surface area (Å²) in [5.41, 5.74) is 16.8. The summed E-state index contributed by atoms with van der Waals surface area (Å²) in [6, 6.07) is 39.0. The number of ether oxygens (including phenoxy) is 2. The summed E-state index contributed by atoms with van der Waals surface area (Å²) in [6.45, 7) is 2.04. The average molecular weight is 652 g/mol. The Balaban J connectivity index is 1.83. The number of carbonyl (C=O) groups is 1. The number of allylic oxidation sites excluding steroid dienone is 2. The van der Waals surface area contributed by atoms with E-state index in [2.05, 4.69) is 101 Å². The predicted molar refractivity (Wildman–Crippen MR) is 204 cm³/mol. The van der Waals surface area contributed by atoms with E-state index in [1.54, 1.807) is 14.2 Å². The number of nitrogens with zero attached hydrogens (tertiary/aromatic N) is 2. The van der Waals surface area contributed by atoms with Crippen LogP contribution in [0.1, 0.15) is 49.7 Å². The number of hydrogen-bond donors (Lipinski definition) is 1. The van der Waals surface area contributed by atoms with Crippen molar-refractivity contribution in [2.45, 2.75) is 12.8 Å². The van der Waals surface area contributed by atoms with Crippen molar-refractivity contribution in [2.75, 3.05) is 52.2 Å². The summed E-state index contributed by atoms with van der Waals surface area (Å²) in [5.74, 6) is 0.739. The summed E-state index contributed by atoms with van der Waals surface area (Å²) in [4.78, 5) is 17.1. The second-order valence-electron chi connectivity index (χ2n) is 12.5. The first-order chi connectivity index (χ1) is 23.6. The Bertz CT molecular complexity index is 1830. The molecule has 2 N–H and O–H groups in total. The molecule has 5 rings (SSSR count). The lowest BCUT2D eigenvalue weighted by Gasteiger charge is -2.21. The van der Waals surface area contributed by atoms with E-state index in [0.29, 0.717) is 5.56 Å². The van der Waals surface area contributed by atoms with Crippen LogP contribution in [0, 0.1) is 6.92 Å². The topological polar surface area (TPSA) is 68.0 Å². The van der Waals surface area contributed by atoms with Gasteiger partial charge in [-0.05, 0) is 100 Å². The van der Waals surface area contributed by atoms with E-state index in [9.17, 15) is 4.79 Å². The molecular formula is C43H45N3O3. The minimum atomic E-state index is -0.468. The van der Waals surface area contributed by atoms with Gasteiger partial charge in [0.25, 0.3) is 0 Å². The Labute approximate surface area is 290 Å². The van der Waals surface area contributed by atoms with Gasteiger partial charge >= 0.3 is 0 Å². The molecule has 5 aromatic carbocycles. The van der Waals surface area contributed by atoms with Gasteiger partial charge in [-0.25, -0.2) is 0 Å². The Kier molecular flexibility index (Phi) is 10.9. The maximum absolute atomic E-state index is 13.0. The molecule has 0 fully saturated rings. The molecule has 0 aromatic heterocycles. The lowest BCUT2D eigenvalue weighted by molar-refractivity contribution is 0.0999. The average Bonchev–Trinajstić information content (AvgIpc) is 3.12. The minimum absolute atomic E-state index is 0.348. The van der Waals surface area contributed by atoms with E-state index in [1.165, 1.54) is 0 Å². The Morgan fingerprint density at radius 1 is 0.592 bits per heavy atom. The lowest BCUT2D eigenvalue weighted by atomic mass is 9.84. The van der Waals surface area contributed by atoms with Gasteiger partial charge in [-0.1, -0.05) is 78.4 Å². The van der Waals surface area contributed by atoms with Gasteiger partial charge in [0, 0.05) is 51.0 Å². The van der Waals surface area contributed by atoms with Gasteiger partial charge in [0.2, 0.25) is 5.91 Å². The number of anilines is 2. The second kappa shape index (κ2) is 15.4. The maximum atomic E-state index is 13.0. The molecule has 0 spiro atoms. The molecule has 250 valence electrons. The SMILES string of the molecule is COc1ccc(C(=CC(C=C(c2ccc(OC)cc2)c2ccc(N(C)C)cc2)c2cc(C)ccc2C(N)=O)c2ccc(N(C)C)cc2)cc1. The van der Waals surface area contributed by atoms with Crippen LogP contribution in [-0.4, -0.2) is 48.3 Å². The van der Waals surface area contributed by atoms with E-state index in [4.69, 9.17) is 15.2 Å². The van der Waals surface area contributed by atoms with Gasteiger partial charge in [-0.2, -0.15) is 0 Å². The van der Waals surface area contributed by atoms with Crippen LogP contribution in [0.5, 0.6) is 11.5 Å². The molecule has 0 saturated heterocycles. The molecule has 0 bridgehead atoms. The first-order valence-electron chi connectivity index (χ1n) is 16.3. The van der Waals surface area contributed by atoms with Gasteiger partial charge in [0.1, 0.15) is 11.5 Å². The molecule has 0 saturated carbocycles. The predicted octanol–water partition coefficient (Wildman–Crippen LogP) is 8.59. The summed E-state index contributed by atoms with van der Waals surface area (Å²) < 4.78 is 11.0. The highest BCUT2D eigenvalue weighted by atomic mass is 16.5. The van der Waals surface area contributed by atoms with Crippen LogP contribution < -0.4 is 25.0 Å². The highest BCUT2D eigenvalue weighted by Gasteiger charge is 2.20. The molecule has 0 aliphatic carbocycles. The number of carbonyl (C=O) groups excluding carboxylic acids is 1. The maximum Gasteiger partial charge on any atom is 0.249 e. The standard InChI is InChI=1S/C43H45N3O3/c1-29-8-25-39(43(44)47)42(26-29)34(27-40(32-13-21-37(48-6)22-14-32)30-9-17-35(18-10-30)45(2)3)28-41(33-15-23-38(49-7)24-16-33)31-11-19-36(20-12-31)46(4)5/h8-28,34H,1-7H3,(H2,44,47). The molecule has 0 heterocycles. The number of rotatable bonds is 12. The summed E-state index contributed by atoms with van der Waals surface area (Å²) in [6.07, 6.45) is 4.48. The van der Waals surface area contributed by atoms with E-state index >= 15 is 0 Å². The molecule has 1 amide bonds. The van der Waals surface area contributed by atoms with Crippen molar-refractivity contribution < 1.29 is 14.3 Å². The van der Waals surface area contributed by atoms with Gasteiger partial charge in [0.05, 0.1) is 14.2 Å². The fourth-order valence-corrected chi connectivity index (χ4v) is 5.91. The molecule has 49 heavy (non-hydrogen) atoms. The Morgan fingerprint density at radius 3 is 1.29 bits per heavy atom. The monoisotopic (exact) mass is 651 g/mol. The fraction of sp³-hybridized carbons (Fsp3) is 0.186. The third kappa shape index (κ3) is 8.22. The number of methoxy groups -OCH3 is 2. The quantitative estimate of drug-likeness (QED) is 0.146. The number of benzene rings is 5. The number of nitrogens with two attached hydrogens (primary N) is 1. The zero-order valence-corrected chi connectivity index (χ0v) is 29.4. The highest BCUT2D eigenvalue weighted by molar-refractivity contribution is 5.95. The van der Waals surface area contributed by atoms with Gasteiger partial charge in [-0.3, -0.25) is 4.79 Å². The van der Waals surface area contributed by atoms with Crippen molar-refractivity contribution in [2.24, 2.45) is 5.73 Å². The summed E-state index contributed by atoms with van der Waals surface area (Å²) >= 11 is 0. The van der Waals surface area contributed by atoms with Crippen molar-refractivity contribution in [3.63, 3.8) is 0 Å². The van der Waals surface area contributed by atoms with Crippen LogP contribution in [0.4, 0.5) is 11.4 Å². The molecule has 0 unspecified atom stereocenters. The van der Waals surface area contributed by atoms with Gasteiger partial charge in [0.15, 0.2) is 0 Å². The van der Waals surface area contributed by atoms with Crippen LogP contribution in [0.2, 0.25) is 0 Å². The van der Waals surface area contributed by atoms with Crippen molar-refractivity contribution in [1.82, 2.24) is 0 Å². The van der Waals surface area contributed by atoms with Crippen LogP contribution >= 0.6 is 0 Å². The van der Waals surface area contributed by atoms with Crippen molar-refractivity contribution in [3.8, 4) is 11.5 Å². The van der Waals surface area contributed by atoms with Crippen LogP contribution in [-0.2, 0) is 0 Å². The molecule has 6 nitrogen and oxygen atoms in total. The minimum Gasteiger partial charge on any atom is -0.497 e. The van der Waals surface area contributed by atoms with Crippen LogP contribution in [0.3, 0.4) is 0 Å². The van der Waals surface area contributed by atoms with Gasteiger partial charge in [-0.15, -0.1) is 0 Å². The first kappa shape index (κ1) is 34.6. The first-order valence-corrected chi connectivity index (χ1v) is 16.3. The van der Waals surface area contributed by atoms with Crippen LogP contribution in [0.25, 0.3) is 11.1 Å². The molecule has 0 aliphatic heterocycles. The third-order valence-corrected chi connectivity index (χ3v) is 8.72. The molecule has 0 atom stereocenters. The number of primary amides is 1. The van der Waals surface area contributed by atoms with E-state index < -0.39 is 5.91 Å². The summed E-state index contributed by atoms with van der Waals surface area (Å²) in [7, 11) is 11.5. The number of hydrogen-bond acceptors (Lipinski definition) is 5. The molecule has 6 heteroatoms. The summed E-state index contributed by atoms with van der Waals surface area (Å²) in [5, 5.41) is 0. The van der Waals surface area contributed by atoms with Crippen LogP contribution in [0.15, 0.2) is 127 Å². The normalized spacial score (nSPS) is 12.3. The zero-order chi connectivity index (χ0) is 35.1. The number of amides is 1. The van der Waals surface area contributed by atoms with E-state index in [-0.39, 0.29) is 5.92 Å². The van der Waals surface area contributed by atoms with Crippen molar-refractivity contribution in [1.29, 1.82) is 0 Å². The van der Waals surface area contributed by atoms with Crippen molar-refractivity contribution >= 4 is 28.4 Å². The van der Waals surface area contributed by atoms with Gasteiger partial charge < -0.3 is 25.0 Å². The molecule has 0 aliphatic rings. The lowest BCUT2D eigenvalue weighted by Crippen LogP contribution is -2.15. The van der Waals surface area contributed by atoms with E-state index in [1.807, 2.05) is 71.5 Å². The largest absolute Gasteiger partial charge is 0.497 e. The van der Waals surface area contributed by atoms with Crippen molar-refractivity contribution in [3.05, 3.63) is 166 Å². The molecule has 0 radical (unpaired) electrons. The smallest absolute Gasteiger partial charge is 0.249 e. The molecule has 5 aromatic rings. The third-order valence-electron chi connectivity index (χ3n) is 8.72. The highest BCUT2D eigenvalue weighted by Crippen LogP contribution is 2.37. The number of aryl methyl sites for hydroxylation is 1. The second-order valence-corrected chi connectivity index (χ2v) is 12.5. The Hall–Kier alpha value is -5.75. The zero-order valence-electron chi connectivity index (χ0n) is 29.4. The molecular weight excluding hydrogens is 606 g/mol.